The summed E-state index contributed by atoms with van der Waals surface area (Å²) in [6.07, 6.45) is 3.36. The number of pyridine rings is 1. The zero-order chi connectivity index (χ0) is 12.3. The second kappa shape index (κ2) is 5.02. The fourth-order valence-electron chi connectivity index (χ4n) is 1.95. The van der Waals surface area contributed by atoms with Crippen LogP contribution in [0.3, 0.4) is 0 Å². The van der Waals surface area contributed by atoms with Crippen molar-refractivity contribution in [2.24, 2.45) is 0 Å². The highest BCUT2D eigenvalue weighted by molar-refractivity contribution is 6.30. The maximum Gasteiger partial charge on any atom is 0.270 e. The van der Waals surface area contributed by atoms with Crippen LogP contribution in [0.2, 0.25) is 5.02 Å². The van der Waals surface area contributed by atoms with Crippen molar-refractivity contribution < 1.29 is 4.79 Å². The molecule has 92 valence electrons. The number of halogens is 1. The molecule has 0 unspecified atom stereocenters. The lowest BCUT2D eigenvalue weighted by atomic mass is 9.90. The van der Waals surface area contributed by atoms with Crippen molar-refractivity contribution in [3.63, 3.8) is 0 Å². The maximum absolute atomic E-state index is 12.0. The van der Waals surface area contributed by atoms with Gasteiger partial charge in [-0.15, -0.1) is 0 Å². The zero-order valence-electron chi connectivity index (χ0n) is 9.79. The molecule has 0 saturated carbocycles. The largest absolute Gasteiger partial charge is 0.345 e. The van der Waals surface area contributed by atoms with E-state index in [1.807, 2.05) is 0 Å². The van der Waals surface area contributed by atoms with E-state index in [2.05, 4.69) is 22.5 Å². The molecule has 1 fully saturated rings. The number of carbonyl (C=O) groups excluding carboxylic acids is 1. The van der Waals surface area contributed by atoms with Gasteiger partial charge >= 0.3 is 0 Å². The van der Waals surface area contributed by atoms with Crippen LogP contribution in [0.15, 0.2) is 18.3 Å². The Morgan fingerprint density at radius 1 is 1.47 bits per heavy atom. The first-order chi connectivity index (χ1) is 8.09. The van der Waals surface area contributed by atoms with Gasteiger partial charge < -0.3 is 10.6 Å². The van der Waals surface area contributed by atoms with E-state index in [-0.39, 0.29) is 11.4 Å². The van der Waals surface area contributed by atoms with Crippen LogP contribution in [-0.4, -0.2) is 29.5 Å². The molecule has 2 heterocycles. The van der Waals surface area contributed by atoms with Crippen molar-refractivity contribution in [2.45, 2.75) is 25.3 Å². The molecule has 1 aliphatic heterocycles. The van der Waals surface area contributed by atoms with Crippen molar-refractivity contribution in [1.82, 2.24) is 15.6 Å². The van der Waals surface area contributed by atoms with E-state index in [1.165, 1.54) is 6.20 Å². The zero-order valence-corrected chi connectivity index (χ0v) is 10.5. The summed E-state index contributed by atoms with van der Waals surface area (Å²) in [6.45, 7) is 3.94. The molecule has 4 nitrogen and oxygen atoms in total. The number of hydrogen-bond acceptors (Lipinski definition) is 3. The molecule has 0 spiro atoms. The van der Waals surface area contributed by atoms with Crippen molar-refractivity contribution in [2.75, 3.05) is 13.1 Å². The monoisotopic (exact) mass is 253 g/mol. The van der Waals surface area contributed by atoms with Gasteiger partial charge in [-0.1, -0.05) is 11.6 Å². The van der Waals surface area contributed by atoms with Crippen LogP contribution >= 0.6 is 11.6 Å². The third kappa shape index (κ3) is 3.17. The van der Waals surface area contributed by atoms with Gasteiger partial charge in [-0.05, 0) is 45.0 Å². The molecule has 0 bridgehead atoms. The predicted molar refractivity (Wildman–Crippen MR) is 67.2 cm³/mol. The summed E-state index contributed by atoms with van der Waals surface area (Å²) in [4.78, 5) is 16.0. The Hall–Kier alpha value is -1.13. The number of hydrogen-bond donors (Lipinski definition) is 2. The van der Waals surface area contributed by atoms with Gasteiger partial charge in [0.05, 0.1) is 5.02 Å². The Morgan fingerprint density at radius 3 is 2.76 bits per heavy atom. The number of amides is 1. The third-order valence-corrected chi connectivity index (χ3v) is 3.31. The van der Waals surface area contributed by atoms with Crippen LogP contribution in [-0.2, 0) is 0 Å². The normalized spacial score (nSPS) is 18.7. The average molecular weight is 254 g/mol. The maximum atomic E-state index is 12.0. The Bertz CT molecular complexity index is 399. The smallest absolute Gasteiger partial charge is 0.270 e. The molecule has 1 aromatic rings. The molecule has 2 rings (SSSR count). The average Bonchev–Trinajstić information content (AvgIpc) is 2.30. The number of rotatable bonds is 2. The lowest BCUT2D eigenvalue weighted by Gasteiger charge is -2.34. The fraction of sp³-hybridized carbons (Fsp3) is 0.500. The van der Waals surface area contributed by atoms with Crippen molar-refractivity contribution in [3.8, 4) is 0 Å². The van der Waals surface area contributed by atoms with Crippen molar-refractivity contribution >= 4 is 17.5 Å². The van der Waals surface area contributed by atoms with E-state index in [1.54, 1.807) is 12.1 Å². The second-order valence-electron chi connectivity index (χ2n) is 4.63. The molecule has 2 N–H and O–H groups in total. The van der Waals surface area contributed by atoms with Gasteiger partial charge in [0.2, 0.25) is 0 Å². The van der Waals surface area contributed by atoms with Crippen LogP contribution in [0.1, 0.15) is 30.3 Å². The van der Waals surface area contributed by atoms with E-state index in [0.29, 0.717) is 10.7 Å². The number of piperidine rings is 1. The second-order valence-corrected chi connectivity index (χ2v) is 5.06. The molecule has 1 amide bonds. The summed E-state index contributed by atoms with van der Waals surface area (Å²) < 4.78 is 0. The Balaban J connectivity index is 2.03. The van der Waals surface area contributed by atoms with Gasteiger partial charge in [0, 0.05) is 11.7 Å². The van der Waals surface area contributed by atoms with E-state index in [9.17, 15) is 4.79 Å². The topological polar surface area (TPSA) is 54.0 Å². The lowest BCUT2D eigenvalue weighted by molar-refractivity contribution is 0.0882. The summed E-state index contributed by atoms with van der Waals surface area (Å²) in [7, 11) is 0. The van der Waals surface area contributed by atoms with Crippen molar-refractivity contribution in [1.29, 1.82) is 0 Å². The predicted octanol–water partition coefficient (Wildman–Crippen LogP) is 1.61. The minimum Gasteiger partial charge on any atom is -0.345 e. The lowest BCUT2D eigenvalue weighted by Crippen LogP contribution is -2.52. The van der Waals surface area contributed by atoms with Crippen LogP contribution < -0.4 is 10.6 Å². The van der Waals surface area contributed by atoms with Crippen LogP contribution in [0, 0.1) is 0 Å². The quantitative estimate of drug-likeness (QED) is 0.842. The van der Waals surface area contributed by atoms with Gasteiger partial charge in [-0.2, -0.15) is 0 Å². The SMILES string of the molecule is CC1(NC(=O)c2ccc(Cl)cn2)CCNCC1. The summed E-state index contributed by atoms with van der Waals surface area (Å²) in [6, 6.07) is 3.32. The molecule has 17 heavy (non-hydrogen) atoms. The highest BCUT2D eigenvalue weighted by Crippen LogP contribution is 2.17. The minimum absolute atomic E-state index is 0.133. The first-order valence-corrected chi connectivity index (χ1v) is 6.12. The van der Waals surface area contributed by atoms with Crippen molar-refractivity contribution in [3.05, 3.63) is 29.0 Å². The fourth-order valence-corrected chi connectivity index (χ4v) is 2.06. The van der Waals surface area contributed by atoms with E-state index in [0.717, 1.165) is 25.9 Å². The first-order valence-electron chi connectivity index (χ1n) is 5.74. The summed E-state index contributed by atoms with van der Waals surface area (Å²) in [5, 5.41) is 6.86. The molecule has 0 radical (unpaired) electrons. The minimum atomic E-state index is -0.135. The number of nitrogens with one attached hydrogen (secondary N) is 2. The standard InChI is InChI=1S/C12H16ClN3O/c1-12(4-6-14-7-5-12)16-11(17)10-3-2-9(13)8-15-10/h2-3,8,14H,4-7H2,1H3,(H,16,17). The molecule has 0 atom stereocenters. The van der Waals surface area contributed by atoms with Gasteiger partial charge in [-0.3, -0.25) is 4.79 Å². The van der Waals surface area contributed by atoms with Gasteiger partial charge in [0.25, 0.3) is 5.91 Å². The van der Waals surface area contributed by atoms with E-state index < -0.39 is 0 Å². The van der Waals surface area contributed by atoms with Gasteiger partial charge in [0.1, 0.15) is 5.69 Å². The Morgan fingerprint density at radius 2 is 2.18 bits per heavy atom. The number of carbonyl (C=O) groups is 1. The van der Waals surface area contributed by atoms with Crippen LogP contribution in [0.4, 0.5) is 0 Å². The molecule has 0 aliphatic carbocycles. The third-order valence-electron chi connectivity index (χ3n) is 3.08. The molecule has 0 aromatic carbocycles. The highest BCUT2D eigenvalue weighted by Gasteiger charge is 2.28. The molecular formula is C12H16ClN3O. The van der Waals surface area contributed by atoms with E-state index in [4.69, 9.17) is 11.6 Å². The molecule has 1 saturated heterocycles. The van der Waals surface area contributed by atoms with Crippen LogP contribution in [0.5, 0.6) is 0 Å². The summed E-state index contributed by atoms with van der Waals surface area (Å²) in [5.41, 5.74) is 0.276. The van der Waals surface area contributed by atoms with Gasteiger partial charge in [0.15, 0.2) is 0 Å². The Labute approximate surface area is 106 Å². The summed E-state index contributed by atoms with van der Waals surface area (Å²) in [5.74, 6) is -0.133. The molecule has 5 heteroatoms. The van der Waals surface area contributed by atoms with Crippen LogP contribution in [0.25, 0.3) is 0 Å². The molecule has 1 aromatic heterocycles. The van der Waals surface area contributed by atoms with E-state index >= 15 is 0 Å². The first kappa shape index (κ1) is 12.3. The number of nitrogens with zero attached hydrogens (tertiary/aromatic N) is 1. The highest BCUT2D eigenvalue weighted by atomic mass is 35.5. The molecular weight excluding hydrogens is 238 g/mol. The summed E-state index contributed by atoms with van der Waals surface area (Å²) >= 11 is 5.73. The molecule has 1 aliphatic rings. The number of aromatic nitrogens is 1. The van der Waals surface area contributed by atoms with Gasteiger partial charge in [-0.25, -0.2) is 4.98 Å². The Kier molecular flexibility index (Phi) is 3.64.